The van der Waals surface area contributed by atoms with Gasteiger partial charge in [0.15, 0.2) is 0 Å². The van der Waals surface area contributed by atoms with Crippen molar-refractivity contribution in [1.82, 2.24) is 14.7 Å². The van der Waals surface area contributed by atoms with Crippen LogP contribution in [0.25, 0.3) is 0 Å². The zero-order valence-electron chi connectivity index (χ0n) is 18.1. The molecule has 0 fully saturated rings. The molecule has 0 aliphatic carbocycles. The van der Waals surface area contributed by atoms with Crippen molar-refractivity contribution in [2.24, 2.45) is 0 Å². The average Bonchev–Trinajstić information content (AvgIpc) is 2.68. The summed E-state index contributed by atoms with van der Waals surface area (Å²) in [4.78, 5) is 20.1. The molecule has 1 aromatic carbocycles. The van der Waals surface area contributed by atoms with Crippen LogP contribution in [0.2, 0.25) is 0 Å². The van der Waals surface area contributed by atoms with Gasteiger partial charge < -0.3 is 10.1 Å². The molecule has 164 valence electrons. The van der Waals surface area contributed by atoms with Crippen LogP contribution in [0.15, 0.2) is 35.5 Å². The topological polar surface area (TPSA) is 110 Å². The van der Waals surface area contributed by atoms with Crippen molar-refractivity contribution in [3.8, 4) is 6.01 Å². The normalized spacial score (nSPS) is 11.6. The largest absolute Gasteiger partial charge is 0.463 e. The van der Waals surface area contributed by atoms with Crippen LogP contribution in [0.1, 0.15) is 70.4 Å². The van der Waals surface area contributed by atoms with Crippen LogP contribution in [-0.4, -0.2) is 31.0 Å². The Balaban J connectivity index is 2.16. The first-order valence-corrected chi connectivity index (χ1v) is 11.6. The van der Waals surface area contributed by atoms with Gasteiger partial charge >= 0.3 is 12.0 Å². The molecule has 0 bridgehead atoms. The average molecular weight is 435 g/mol. The first-order valence-electron chi connectivity index (χ1n) is 10.1. The Morgan fingerprint density at radius 2 is 1.63 bits per heavy atom. The second-order valence-corrected chi connectivity index (χ2v) is 9.27. The Kier molecular flexibility index (Phi) is 8.16. The Hall–Kier alpha value is -2.68. The van der Waals surface area contributed by atoms with Crippen LogP contribution in [0.3, 0.4) is 0 Å². The molecule has 1 heterocycles. The molecule has 2 N–H and O–H groups in total. The quantitative estimate of drug-likeness (QED) is 0.566. The molecule has 2 rings (SSSR count). The minimum atomic E-state index is -4.13. The molecule has 0 atom stereocenters. The van der Waals surface area contributed by atoms with Gasteiger partial charge in [-0.1, -0.05) is 59.2 Å². The van der Waals surface area contributed by atoms with Gasteiger partial charge in [0.05, 0.1) is 19.0 Å². The molecule has 30 heavy (non-hydrogen) atoms. The molecule has 9 heteroatoms. The van der Waals surface area contributed by atoms with E-state index in [9.17, 15) is 13.2 Å². The van der Waals surface area contributed by atoms with Crippen LogP contribution >= 0.6 is 0 Å². The summed E-state index contributed by atoms with van der Waals surface area (Å²) in [6.45, 7) is 10.5. The standard InChI is InChI=1S/C21H30N4O4S/c1-6-7-11-29-21-22-12-16(13-23-21)30(27,28)25-20(26)24-19-17(14(2)3)9-8-10-18(19)15(4)5/h8-10,12-15H,6-7,11H2,1-5H3,(H2,24,25,26). The van der Waals surface area contributed by atoms with Crippen molar-refractivity contribution < 1.29 is 17.9 Å². The van der Waals surface area contributed by atoms with Crippen molar-refractivity contribution in [2.75, 3.05) is 11.9 Å². The van der Waals surface area contributed by atoms with E-state index in [1.165, 1.54) is 0 Å². The summed E-state index contributed by atoms with van der Waals surface area (Å²) >= 11 is 0. The van der Waals surface area contributed by atoms with E-state index in [-0.39, 0.29) is 22.7 Å². The van der Waals surface area contributed by atoms with Crippen molar-refractivity contribution in [2.45, 2.75) is 64.2 Å². The molecule has 0 saturated carbocycles. The van der Waals surface area contributed by atoms with E-state index in [1.807, 2.05) is 57.5 Å². The van der Waals surface area contributed by atoms with E-state index in [0.29, 0.717) is 12.3 Å². The monoisotopic (exact) mass is 434 g/mol. The van der Waals surface area contributed by atoms with Crippen LogP contribution in [-0.2, 0) is 10.0 Å². The van der Waals surface area contributed by atoms with Gasteiger partial charge in [-0.25, -0.2) is 27.9 Å². The van der Waals surface area contributed by atoms with Crippen LogP contribution in [0.5, 0.6) is 6.01 Å². The van der Waals surface area contributed by atoms with Crippen molar-refractivity contribution in [3.63, 3.8) is 0 Å². The summed E-state index contributed by atoms with van der Waals surface area (Å²) in [5.41, 5.74) is 2.50. The van der Waals surface area contributed by atoms with E-state index in [2.05, 4.69) is 15.3 Å². The van der Waals surface area contributed by atoms with E-state index in [1.54, 1.807) is 0 Å². The Morgan fingerprint density at radius 3 is 2.13 bits per heavy atom. The number of hydrogen-bond acceptors (Lipinski definition) is 6. The number of urea groups is 1. The molecule has 0 aliphatic rings. The zero-order valence-corrected chi connectivity index (χ0v) is 18.9. The first-order chi connectivity index (χ1) is 14.2. The van der Waals surface area contributed by atoms with Gasteiger partial charge in [-0.2, -0.15) is 0 Å². The van der Waals surface area contributed by atoms with Gasteiger partial charge in [0.1, 0.15) is 4.90 Å². The van der Waals surface area contributed by atoms with Crippen molar-refractivity contribution >= 4 is 21.7 Å². The predicted octanol–water partition coefficient (Wildman–Crippen LogP) is 4.41. The number of sulfonamides is 1. The molecular weight excluding hydrogens is 404 g/mol. The van der Waals surface area contributed by atoms with E-state index in [4.69, 9.17) is 4.74 Å². The van der Waals surface area contributed by atoms with Crippen molar-refractivity contribution in [3.05, 3.63) is 41.7 Å². The summed E-state index contributed by atoms with van der Waals surface area (Å²) < 4.78 is 32.5. The number of nitrogens with one attached hydrogen (secondary N) is 2. The molecule has 0 saturated heterocycles. The van der Waals surface area contributed by atoms with E-state index in [0.717, 1.165) is 36.4 Å². The number of amides is 2. The lowest BCUT2D eigenvalue weighted by Gasteiger charge is -2.20. The molecule has 2 aromatic rings. The Labute approximate surface area is 178 Å². The molecule has 2 amide bonds. The first kappa shape index (κ1) is 23.6. The second kappa shape index (κ2) is 10.4. The number of aromatic nitrogens is 2. The third-order valence-corrected chi connectivity index (χ3v) is 5.77. The van der Waals surface area contributed by atoms with E-state index >= 15 is 0 Å². The smallest absolute Gasteiger partial charge is 0.333 e. The van der Waals surface area contributed by atoms with Gasteiger partial charge in [-0.3, -0.25) is 0 Å². The van der Waals surface area contributed by atoms with Gasteiger partial charge in [0.25, 0.3) is 10.0 Å². The highest BCUT2D eigenvalue weighted by atomic mass is 32.2. The van der Waals surface area contributed by atoms with Gasteiger partial charge in [-0.15, -0.1) is 0 Å². The van der Waals surface area contributed by atoms with Crippen molar-refractivity contribution in [1.29, 1.82) is 0 Å². The fourth-order valence-corrected chi connectivity index (χ4v) is 3.64. The van der Waals surface area contributed by atoms with E-state index < -0.39 is 16.1 Å². The molecule has 8 nitrogen and oxygen atoms in total. The van der Waals surface area contributed by atoms with Gasteiger partial charge in [0.2, 0.25) is 0 Å². The Bertz CT molecular complexity index is 931. The zero-order chi connectivity index (χ0) is 22.3. The van der Waals surface area contributed by atoms with Crippen LogP contribution < -0.4 is 14.8 Å². The number of ether oxygens (including phenoxy) is 1. The fourth-order valence-electron chi connectivity index (χ4n) is 2.84. The third-order valence-electron chi connectivity index (χ3n) is 4.48. The maximum absolute atomic E-state index is 12.5. The van der Waals surface area contributed by atoms with Gasteiger partial charge in [-0.05, 0) is 29.4 Å². The number of benzene rings is 1. The highest BCUT2D eigenvalue weighted by Crippen LogP contribution is 2.32. The number of para-hydroxylation sites is 1. The molecule has 0 radical (unpaired) electrons. The molecule has 0 unspecified atom stereocenters. The maximum Gasteiger partial charge on any atom is 0.333 e. The lowest BCUT2D eigenvalue weighted by Crippen LogP contribution is -2.35. The number of carbonyl (C=O) groups excluding carboxylic acids is 1. The Morgan fingerprint density at radius 1 is 1.07 bits per heavy atom. The summed E-state index contributed by atoms with van der Waals surface area (Å²) in [6.07, 6.45) is 4.04. The maximum atomic E-state index is 12.5. The minimum Gasteiger partial charge on any atom is -0.463 e. The molecule has 0 aliphatic heterocycles. The van der Waals surface area contributed by atoms with Crippen LogP contribution in [0, 0.1) is 0 Å². The lowest BCUT2D eigenvalue weighted by molar-refractivity contribution is 0.256. The molecule has 1 aromatic heterocycles. The molecule has 0 spiro atoms. The van der Waals surface area contributed by atoms with Gasteiger partial charge in [0, 0.05) is 5.69 Å². The van der Waals surface area contributed by atoms with Crippen LogP contribution in [0.4, 0.5) is 10.5 Å². The highest BCUT2D eigenvalue weighted by molar-refractivity contribution is 7.90. The minimum absolute atomic E-state index is 0.0966. The summed E-state index contributed by atoms with van der Waals surface area (Å²) in [5, 5.41) is 2.72. The molecular formula is C21H30N4O4S. The third kappa shape index (κ3) is 6.16. The highest BCUT2D eigenvalue weighted by Gasteiger charge is 2.21. The number of rotatable bonds is 9. The number of hydrogen-bond donors (Lipinski definition) is 2. The predicted molar refractivity (Wildman–Crippen MR) is 116 cm³/mol. The second-order valence-electron chi connectivity index (χ2n) is 7.58. The number of nitrogens with zero attached hydrogens (tertiary/aromatic N) is 2. The summed E-state index contributed by atoms with van der Waals surface area (Å²) in [5.74, 6) is 0.313. The summed E-state index contributed by atoms with van der Waals surface area (Å²) in [7, 11) is -4.13. The SMILES string of the molecule is CCCCOc1ncc(S(=O)(=O)NC(=O)Nc2c(C(C)C)cccc2C(C)C)cn1. The lowest BCUT2D eigenvalue weighted by atomic mass is 9.93. The summed E-state index contributed by atoms with van der Waals surface area (Å²) in [6, 6.07) is 5.04. The number of anilines is 1. The number of unbranched alkanes of at least 4 members (excludes halogenated alkanes) is 1. The fraction of sp³-hybridized carbons (Fsp3) is 0.476. The number of carbonyl (C=O) groups is 1.